The van der Waals surface area contributed by atoms with E-state index < -0.39 is 33.5 Å². The van der Waals surface area contributed by atoms with Gasteiger partial charge in [-0.2, -0.15) is 13.2 Å². The predicted octanol–water partition coefficient (Wildman–Crippen LogP) is 1.69. The van der Waals surface area contributed by atoms with Gasteiger partial charge < -0.3 is 19.9 Å². The van der Waals surface area contributed by atoms with Gasteiger partial charge in [-0.25, -0.2) is 17.5 Å². The number of halogens is 4. The normalized spacial score (nSPS) is 22.6. The smallest absolute Gasteiger partial charge is 0.419 e. The largest absolute Gasteiger partial charge is 0.489 e. The summed E-state index contributed by atoms with van der Waals surface area (Å²) in [7, 11) is -2.60. The first-order valence-electron chi connectivity index (χ1n) is 9.20. The van der Waals surface area contributed by atoms with Gasteiger partial charge in [0.15, 0.2) is 11.4 Å². The molecule has 0 bridgehead atoms. The summed E-state index contributed by atoms with van der Waals surface area (Å²) in [6.07, 6.45) is -3.75. The molecule has 0 spiro atoms. The van der Waals surface area contributed by atoms with Crippen molar-refractivity contribution >= 4 is 21.6 Å². The first kappa shape index (κ1) is 21.6. The molecule has 1 aromatic heterocycles. The van der Waals surface area contributed by atoms with E-state index in [-0.39, 0.29) is 40.6 Å². The number of sulfonamides is 1. The first-order chi connectivity index (χ1) is 14.5. The molecule has 31 heavy (non-hydrogen) atoms. The number of fused-ring (bicyclic) bond motifs is 2. The quantitative estimate of drug-likeness (QED) is 0.590. The van der Waals surface area contributed by atoms with Gasteiger partial charge in [-0.1, -0.05) is 0 Å². The average molecular weight is 462 g/mol. The van der Waals surface area contributed by atoms with Crippen LogP contribution in [0.5, 0.6) is 5.75 Å². The van der Waals surface area contributed by atoms with Crippen LogP contribution in [0, 0.1) is 11.7 Å². The number of hydrogen-bond donors (Lipinski definition) is 3. The third-order valence-electron chi connectivity index (χ3n) is 5.22. The van der Waals surface area contributed by atoms with Crippen molar-refractivity contribution in [3.63, 3.8) is 0 Å². The number of aryl methyl sites for hydroxylation is 1. The first-order valence-corrected chi connectivity index (χ1v) is 10.7. The molecule has 2 atom stereocenters. The van der Waals surface area contributed by atoms with E-state index in [9.17, 15) is 30.8 Å². The van der Waals surface area contributed by atoms with Crippen LogP contribution in [0.25, 0.3) is 0 Å². The monoisotopic (exact) mass is 462 g/mol. The number of anilines is 1. The van der Waals surface area contributed by atoms with Crippen LogP contribution in [0.1, 0.15) is 16.1 Å². The van der Waals surface area contributed by atoms with Gasteiger partial charge in [-0.3, -0.25) is 4.79 Å². The maximum absolute atomic E-state index is 13.5. The molecule has 8 nitrogen and oxygen atoms in total. The fourth-order valence-electron chi connectivity index (χ4n) is 3.68. The molecule has 2 aliphatic heterocycles. The minimum Gasteiger partial charge on any atom is -0.489 e. The predicted molar refractivity (Wildman–Crippen MR) is 101 cm³/mol. The van der Waals surface area contributed by atoms with E-state index in [2.05, 4.69) is 15.4 Å². The highest BCUT2D eigenvalue weighted by atomic mass is 32.2. The van der Waals surface area contributed by atoms with Crippen molar-refractivity contribution in [3.05, 3.63) is 41.5 Å². The van der Waals surface area contributed by atoms with Crippen LogP contribution in [0.3, 0.4) is 0 Å². The topological polar surface area (TPSA) is 101 Å². The summed E-state index contributed by atoms with van der Waals surface area (Å²) >= 11 is 0. The lowest BCUT2D eigenvalue weighted by molar-refractivity contribution is -0.139. The molecule has 3 N–H and O–H groups in total. The van der Waals surface area contributed by atoms with Gasteiger partial charge >= 0.3 is 6.18 Å². The highest BCUT2D eigenvalue weighted by Gasteiger charge is 2.39. The lowest BCUT2D eigenvalue weighted by Gasteiger charge is -2.24. The SMILES string of the molecule is Cn1cc2c(c1C(=O)Nc1ccc(F)c(C(F)(F)F)c1)OC[C@@H]1CNC[C@@H]1NS2(=O)=O. The van der Waals surface area contributed by atoms with Gasteiger partial charge in [-0.15, -0.1) is 0 Å². The maximum Gasteiger partial charge on any atom is 0.419 e. The summed E-state index contributed by atoms with van der Waals surface area (Å²) in [4.78, 5) is 12.6. The second-order valence-electron chi connectivity index (χ2n) is 7.39. The Labute approximate surface area is 174 Å². The zero-order valence-corrected chi connectivity index (χ0v) is 16.9. The number of ether oxygens (including phenoxy) is 1. The van der Waals surface area contributed by atoms with Crippen LogP contribution in [0.15, 0.2) is 29.3 Å². The minimum absolute atomic E-state index is 0.131. The second kappa shape index (κ2) is 7.50. The summed E-state index contributed by atoms with van der Waals surface area (Å²) in [5.74, 6) is -2.74. The third kappa shape index (κ3) is 4.00. The Hall–Kier alpha value is -2.64. The second-order valence-corrected chi connectivity index (χ2v) is 9.07. The number of benzene rings is 1. The van der Waals surface area contributed by atoms with E-state index in [0.29, 0.717) is 25.2 Å². The Morgan fingerprint density at radius 3 is 2.74 bits per heavy atom. The molecule has 1 saturated heterocycles. The van der Waals surface area contributed by atoms with E-state index in [1.54, 1.807) is 0 Å². The van der Waals surface area contributed by atoms with Crippen molar-refractivity contribution < 1.29 is 35.5 Å². The van der Waals surface area contributed by atoms with Crippen LogP contribution < -0.4 is 20.1 Å². The van der Waals surface area contributed by atoms with Gasteiger partial charge in [0.2, 0.25) is 10.0 Å². The van der Waals surface area contributed by atoms with Crippen LogP contribution >= 0.6 is 0 Å². The van der Waals surface area contributed by atoms with Gasteiger partial charge in [0, 0.05) is 44.0 Å². The summed E-state index contributed by atoms with van der Waals surface area (Å²) < 4.78 is 87.5. The zero-order chi connectivity index (χ0) is 22.6. The number of rotatable bonds is 2. The molecule has 1 aromatic carbocycles. The number of carbonyl (C=O) groups excluding carboxylic acids is 1. The van der Waals surface area contributed by atoms with Crippen LogP contribution in [0.2, 0.25) is 0 Å². The lowest BCUT2D eigenvalue weighted by atomic mass is 10.1. The number of aromatic nitrogens is 1. The number of hydrogen-bond acceptors (Lipinski definition) is 5. The number of alkyl halides is 3. The summed E-state index contributed by atoms with van der Waals surface area (Å²) in [5.41, 5.74) is -2.03. The molecule has 1 amide bonds. The van der Waals surface area contributed by atoms with Crippen molar-refractivity contribution in [2.45, 2.75) is 17.1 Å². The Morgan fingerprint density at radius 1 is 1.29 bits per heavy atom. The minimum atomic E-state index is -4.94. The fourth-order valence-corrected chi connectivity index (χ4v) is 5.18. The number of nitrogens with one attached hydrogen (secondary N) is 3. The Bertz CT molecular complexity index is 1150. The molecular formula is C18H18F4N4O4S. The molecule has 0 unspecified atom stereocenters. The molecule has 0 saturated carbocycles. The van der Waals surface area contributed by atoms with Gasteiger partial charge in [0.1, 0.15) is 10.7 Å². The third-order valence-corrected chi connectivity index (χ3v) is 6.71. The molecule has 4 rings (SSSR count). The molecule has 3 heterocycles. The highest BCUT2D eigenvalue weighted by Crippen LogP contribution is 2.35. The van der Waals surface area contributed by atoms with E-state index in [1.165, 1.54) is 17.8 Å². The number of amides is 1. The average Bonchev–Trinajstić information content (AvgIpc) is 3.23. The van der Waals surface area contributed by atoms with E-state index in [1.807, 2.05) is 0 Å². The lowest BCUT2D eigenvalue weighted by Crippen LogP contribution is -2.43. The van der Waals surface area contributed by atoms with Crippen molar-refractivity contribution in [1.29, 1.82) is 0 Å². The molecule has 2 aromatic rings. The van der Waals surface area contributed by atoms with Crippen LogP contribution in [0.4, 0.5) is 23.2 Å². The molecule has 0 aliphatic carbocycles. The Morgan fingerprint density at radius 2 is 2.03 bits per heavy atom. The van der Waals surface area contributed by atoms with Crippen molar-refractivity contribution in [2.24, 2.45) is 13.0 Å². The summed E-state index contributed by atoms with van der Waals surface area (Å²) in [5, 5.41) is 5.32. The van der Waals surface area contributed by atoms with Gasteiger partial charge in [-0.05, 0) is 18.2 Å². The van der Waals surface area contributed by atoms with Crippen LogP contribution in [-0.2, 0) is 23.2 Å². The molecule has 13 heteroatoms. The van der Waals surface area contributed by atoms with Gasteiger partial charge in [0.05, 0.1) is 12.2 Å². The molecule has 168 valence electrons. The van der Waals surface area contributed by atoms with E-state index >= 15 is 0 Å². The Kier molecular flexibility index (Phi) is 5.22. The van der Waals surface area contributed by atoms with Gasteiger partial charge in [0.25, 0.3) is 5.91 Å². The van der Waals surface area contributed by atoms with Crippen molar-refractivity contribution in [1.82, 2.24) is 14.6 Å². The maximum atomic E-state index is 13.5. The molecular weight excluding hydrogens is 444 g/mol. The Balaban J connectivity index is 1.69. The number of nitrogens with zero attached hydrogens (tertiary/aromatic N) is 1. The van der Waals surface area contributed by atoms with Crippen molar-refractivity contribution in [3.8, 4) is 5.75 Å². The fraction of sp³-hybridized carbons (Fsp3) is 0.389. The zero-order valence-electron chi connectivity index (χ0n) is 16.1. The number of carbonyl (C=O) groups is 1. The van der Waals surface area contributed by atoms with E-state index in [0.717, 1.165) is 6.07 Å². The highest BCUT2D eigenvalue weighted by molar-refractivity contribution is 7.89. The van der Waals surface area contributed by atoms with E-state index in [4.69, 9.17) is 4.74 Å². The van der Waals surface area contributed by atoms with Crippen molar-refractivity contribution in [2.75, 3.05) is 25.0 Å². The summed E-state index contributed by atoms with van der Waals surface area (Å²) in [6, 6.07) is 1.67. The standard InChI is InChI=1S/C18H18F4N4O4S/c1-26-7-14-16(30-8-9-5-23-6-13(9)25-31(14,28)29)15(26)17(27)24-10-2-3-12(19)11(4-10)18(20,21)22/h2-4,7,9,13,23,25H,5-6,8H2,1H3,(H,24,27)/t9-,13-/m0/s1. The summed E-state index contributed by atoms with van der Waals surface area (Å²) in [6.45, 7) is 1.09. The molecule has 1 fully saturated rings. The molecule has 0 radical (unpaired) electrons. The van der Waals surface area contributed by atoms with Crippen LogP contribution in [-0.4, -0.2) is 44.6 Å². The molecule has 2 aliphatic rings.